The van der Waals surface area contributed by atoms with Crippen molar-refractivity contribution in [2.45, 2.75) is 6.92 Å². The molecule has 0 aliphatic carbocycles. The minimum atomic E-state index is -1.55. The van der Waals surface area contributed by atoms with Crippen molar-refractivity contribution in [1.29, 1.82) is 0 Å². The number of carbonyl (C=O) groups is 1. The van der Waals surface area contributed by atoms with Gasteiger partial charge in [0.05, 0.1) is 0 Å². The molecular formula is C9H10O3S. The fraction of sp³-hybridized carbons (Fsp3) is 0.222. The van der Waals surface area contributed by atoms with Crippen LogP contribution >= 0.6 is 0 Å². The van der Waals surface area contributed by atoms with E-state index >= 15 is 0 Å². The molecule has 0 heterocycles. The van der Waals surface area contributed by atoms with Crippen LogP contribution in [-0.2, 0) is 15.9 Å². The van der Waals surface area contributed by atoms with Gasteiger partial charge in [-0.05, 0) is 19.1 Å². The summed E-state index contributed by atoms with van der Waals surface area (Å²) in [4.78, 5) is 10.6. The van der Waals surface area contributed by atoms with Gasteiger partial charge >= 0.3 is 0 Å². The van der Waals surface area contributed by atoms with Crippen LogP contribution in [0.1, 0.15) is 6.92 Å². The molecule has 0 aliphatic heterocycles. The lowest BCUT2D eigenvalue weighted by Gasteiger charge is -2.01. The van der Waals surface area contributed by atoms with Crippen molar-refractivity contribution >= 4 is 16.9 Å². The minimum Gasteiger partial charge on any atom is -0.400 e. The molecule has 3 nitrogen and oxygen atoms in total. The van der Waals surface area contributed by atoms with E-state index in [0.717, 1.165) is 0 Å². The van der Waals surface area contributed by atoms with Crippen LogP contribution < -0.4 is 4.18 Å². The molecule has 0 saturated heterocycles. The normalized spacial score (nSPS) is 12.1. The van der Waals surface area contributed by atoms with Gasteiger partial charge in [-0.1, -0.05) is 18.2 Å². The first-order valence-corrected chi connectivity index (χ1v) is 5.04. The first-order valence-electron chi connectivity index (χ1n) is 3.79. The summed E-state index contributed by atoms with van der Waals surface area (Å²) in [6, 6.07) is 8.78. The van der Waals surface area contributed by atoms with E-state index in [4.69, 9.17) is 4.18 Å². The molecule has 1 aromatic rings. The summed E-state index contributed by atoms with van der Waals surface area (Å²) in [6.07, 6.45) is 0. The van der Waals surface area contributed by atoms with Crippen molar-refractivity contribution in [1.82, 2.24) is 0 Å². The standard InChI is InChI=1S/C9H10O3S/c1-8(10)7-13(11)12-9-5-3-2-4-6-9/h2-6H,7H2,1H3. The largest absolute Gasteiger partial charge is 0.400 e. The summed E-state index contributed by atoms with van der Waals surface area (Å²) < 4.78 is 16.1. The summed E-state index contributed by atoms with van der Waals surface area (Å²) in [5.41, 5.74) is 0. The highest BCUT2D eigenvalue weighted by molar-refractivity contribution is 7.81. The number of hydrogen-bond acceptors (Lipinski definition) is 3. The summed E-state index contributed by atoms with van der Waals surface area (Å²) in [6.45, 7) is 1.38. The number of para-hydroxylation sites is 1. The van der Waals surface area contributed by atoms with E-state index in [-0.39, 0.29) is 11.5 Å². The van der Waals surface area contributed by atoms with E-state index in [0.29, 0.717) is 5.75 Å². The second-order valence-electron chi connectivity index (χ2n) is 2.55. The molecule has 1 atom stereocenters. The van der Waals surface area contributed by atoms with E-state index in [1.54, 1.807) is 24.3 Å². The molecule has 0 bridgehead atoms. The van der Waals surface area contributed by atoms with Crippen molar-refractivity contribution in [2.75, 3.05) is 5.75 Å². The predicted molar refractivity (Wildman–Crippen MR) is 50.8 cm³/mol. The molecule has 0 N–H and O–H groups in total. The van der Waals surface area contributed by atoms with Crippen molar-refractivity contribution in [3.8, 4) is 5.75 Å². The van der Waals surface area contributed by atoms with Crippen LogP contribution in [0.15, 0.2) is 30.3 Å². The van der Waals surface area contributed by atoms with Crippen LogP contribution in [0.25, 0.3) is 0 Å². The highest BCUT2D eigenvalue weighted by atomic mass is 32.2. The Morgan fingerprint density at radius 3 is 2.54 bits per heavy atom. The maximum atomic E-state index is 11.1. The number of hydrogen-bond donors (Lipinski definition) is 0. The molecule has 1 unspecified atom stereocenters. The van der Waals surface area contributed by atoms with E-state index in [9.17, 15) is 9.00 Å². The smallest absolute Gasteiger partial charge is 0.214 e. The fourth-order valence-electron chi connectivity index (χ4n) is 0.779. The van der Waals surface area contributed by atoms with E-state index in [1.807, 2.05) is 6.07 Å². The van der Waals surface area contributed by atoms with Gasteiger partial charge in [0.25, 0.3) is 0 Å². The Morgan fingerprint density at radius 1 is 1.38 bits per heavy atom. The number of ketones is 1. The average molecular weight is 198 g/mol. The highest BCUT2D eigenvalue weighted by Gasteiger charge is 2.04. The van der Waals surface area contributed by atoms with Gasteiger partial charge in [0.1, 0.15) is 17.3 Å². The van der Waals surface area contributed by atoms with E-state index < -0.39 is 11.1 Å². The predicted octanol–water partition coefficient (Wildman–Crippen LogP) is 1.32. The van der Waals surface area contributed by atoms with Gasteiger partial charge in [-0.3, -0.25) is 4.79 Å². The number of benzene rings is 1. The Morgan fingerprint density at radius 2 is 2.00 bits per heavy atom. The van der Waals surface area contributed by atoms with Crippen LogP contribution in [0, 0.1) is 0 Å². The fourth-order valence-corrected chi connectivity index (χ4v) is 1.50. The van der Waals surface area contributed by atoms with Gasteiger partial charge in [0.2, 0.25) is 11.1 Å². The summed E-state index contributed by atoms with van der Waals surface area (Å²) in [5.74, 6) is 0.311. The van der Waals surface area contributed by atoms with Gasteiger partial charge < -0.3 is 4.18 Å². The van der Waals surface area contributed by atoms with Crippen molar-refractivity contribution < 1.29 is 13.2 Å². The Hall–Kier alpha value is -1.16. The number of carbonyl (C=O) groups excluding carboxylic acids is 1. The molecule has 0 spiro atoms. The molecule has 0 saturated carbocycles. The molecule has 4 heteroatoms. The molecule has 0 radical (unpaired) electrons. The molecule has 0 amide bonds. The third-order valence-electron chi connectivity index (χ3n) is 1.25. The quantitative estimate of drug-likeness (QED) is 0.732. The van der Waals surface area contributed by atoms with Crippen LogP contribution in [0.2, 0.25) is 0 Å². The van der Waals surface area contributed by atoms with Crippen LogP contribution in [0.3, 0.4) is 0 Å². The minimum absolute atomic E-state index is 0.0606. The average Bonchev–Trinajstić information content (AvgIpc) is 2.04. The molecular weight excluding hydrogens is 188 g/mol. The van der Waals surface area contributed by atoms with Crippen LogP contribution in [0.5, 0.6) is 5.75 Å². The lowest BCUT2D eigenvalue weighted by atomic mass is 10.3. The highest BCUT2D eigenvalue weighted by Crippen LogP contribution is 2.09. The van der Waals surface area contributed by atoms with Crippen molar-refractivity contribution in [2.24, 2.45) is 0 Å². The molecule has 0 aromatic heterocycles. The Labute approximate surface area is 79.4 Å². The summed E-state index contributed by atoms with van der Waals surface area (Å²) >= 11 is -1.55. The monoisotopic (exact) mass is 198 g/mol. The second kappa shape index (κ2) is 4.77. The third kappa shape index (κ3) is 3.85. The van der Waals surface area contributed by atoms with Gasteiger partial charge in [-0.25, -0.2) is 4.21 Å². The zero-order chi connectivity index (χ0) is 9.68. The van der Waals surface area contributed by atoms with Crippen LogP contribution in [0.4, 0.5) is 0 Å². The Kier molecular flexibility index (Phi) is 3.64. The number of Topliss-reactive ketones (excluding diaryl/α,β-unsaturated/α-hetero) is 1. The second-order valence-corrected chi connectivity index (χ2v) is 3.61. The first kappa shape index (κ1) is 9.92. The summed E-state index contributed by atoms with van der Waals surface area (Å²) in [7, 11) is 0. The topological polar surface area (TPSA) is 43.4 Å². The van der Waals surface area contributed by atoms with Crippen LogP contribution in [-0.4, -0.2) is 15.7 Å². The lowest BCUT2D eigenvalue weighted by Crippen LogP contribution is -2.11. The maximum Gasteiger partial charge on any atom is 0.214 e. The zero-order valence-electron chi connectivity index (χ0n) is 7.23. The third-order valence-corrected chi connectivity index (χ3v) is 2.27. The van der Waals surface area contributed by atoms with E-state index in [2.05, 4.69) is 0 Å². The molecule has 70 valence electrons. The zero-order valence-corrected chi connectivity index (χ0v) is 8.04. The molecule has 13 heavy (non-hydrogen) atoms. The summed E-state index contributed by atoms with van der Waals surface area (Å²) in [5, 5.41) is 0. The van der Waals surface area contributed by atoms with Gasteiger partial charge in [-0.2, -0.15) is 0 Å². The number of rotatable bonds is 4. The van der Waals surface area contributed by atoms with Crippen molar-refractivity contribution in [3.05, 3.63) is 30.3 Å². The Bertz CT molecular complexity index is 308. The lowest BCUT2D eigenvalue weighted by molar-refractivity contribution is -0.114. The van der Waals surface area contributed by atoms with Gasteiger partial charge in [-0.15, -0.1) is 0 Å². The molecule has 0 aliphatic rings. The van der Waals surface area contributed by atoms with E-state index in [1.165, 1.54) is 6.92 Å². The molecule has 0 fully saturated rings. The van der Waals surface area contributed by atoms with Gasteiger partial charge in [0.15, 0.2) is 0 Å². The van der Waals surface area contributed by atoms with Crippen molar-refractivity contribution in [3.63, 3.8) is 0 Å². The first-order chi connectivity index (χ1) is 6.18. The molecule has 1 aromatic carbocycles. The van der Waals surface area contributed by atoms with Gasteiger partial charge in [0, 0.05) is 0 Å². The SMILES string of the molecule is CC(=O)CS(=O)Oc1ccccc1. The Balaban J connectivity index is 2.50. The molecule has 1 rings (SSSR count). The maximum absolute atomic E-state index is 11.1.